The van der Waals surface area contributed by atoms with Crippen molar-refractivity contribution in [1.29, 1.82) is 5.26 Å². The maximum absolute atomic E-state index is 14.5. The van der Waals surface area contributed by atoms with E-state index in [0.29, 0.717) is 22.6 Å². The van der Waals surface area contributed by atoms with E-state index in [1.54, 1.807) is 16.7 Å². The van der Waals surface area contributed by atoms with E-state index < -0.39 is 6.04 Å². The highest BCUT2D eigenvalue weighted by Crippen LogP contribution is 2.32. The van der Waals surface area contributed by atoms with Crippen molar-refractivity contribution in [3.63, 3.8) is 0 Å². The first kappa shape index (κ1) is 26.0. The number of hydrogen-bond acceptors (Lipinski definition) is 7. The third kappa shape index (κ3) is 4.85. The highest BCUT2D eigenvalue weighted by Gasteiger charge is 2.22. The van der Waals surface area contributed by atoms with Crippen molar-refractivity contribution in [2.24, 2.45) is 0 Å². The Labute approximate surface area is 236 Å². The maximum atomic E-state index is 14.5. The minimum absolute atomic E-state index is 0.0214. The molecule has 0 unspecified atom stereocenters. The van der Waals surface area contributed by atoms with Crippen molar-refractivity contribution in [1.82, 2.24) is 19.1 Å². The topological polar surface area (TPSA) is 132 Å². The lowest BCUT2D eigenvalue weighted by Crippen LogP contribution is -2.26. The molecule has 6 rings (SSSR count). The summed E-state index contributed by atoms with van der Waals surface area (Å²) >= 11 is 0. The molecule has 3 N–H and O–H groups in total. The number of pyridine rings is 2. The molecular weight excluding hydrogens is 514 g/mol. The van der Waals surface area contributed by atoms with E-state index >= 15 is 0 Å². The molecule has 2 aromatic carbocycles. The van der Waals surface area contributed by atoms with Crippen LogP contribution in [0.1, 0.15) is 55.9 Å². The largest absolute Gasteiger partial charge is 0.368 e. The van der Waals surface area contributed by atoms with Crippen molar-refractivity contribution in [3.05, 3.63) is 111 Å². The minimum Gasteiger partial charge on any atom is -0.368 e. The number of nitrogens with one attached hydrogen (secondary N) is 1. The van der Waals surface area contributed by atoms with Gasteiger partial charge in [0.15, 0.2) is 0 Å². The highest BCUT2D eigenvalue weighted by molar-refractivity contribution is 5.96. The second kappa shape index (κ2) is 10.7. The number of nitriles is 1. The van der Waals surface area contributed by atoms with Gasteiger partial charge in [0, 0.05) is 29.7 Å². The first-order chi connectivity index (χ1) is 19.9. The van der Waals surface area contributed by atoms with Gasteiger partial charge in [-0.15, -0.1) is 0 Å². The van der Waals surface area contributed by atoms with Crippen LogP contribution in [0.3, 0.4) is 0 Å². The summed E-state index contributed by atoms with van der Waals surface area (Å²) in [4.78, 5) is 35.3. The number of hydrogen-bond donors (Lipinski definition) is 2. The first-order valence-electron chi connectivity index (χ1n) is 13.7. The van der Waals surface area contributed by atoms with Crippen molar-refractivity contribution >= 4 is 22.5 Å². The number of nitrogens with zero attached hydrogens (tertiary/aromatic N) is 5. The van der Waals surface area contributed by atoms with Crippen LogP contribution in [-0.2, 0) is 0 Å². The van der Waals surface area contributed by atoms with Gasteiger partial charge in [-0.05, 0) is 60.5 Å². The summed E-state index contributed by atoms with van der Waals surface area (Å²) in [5, 5.41) is 14.2. The van der Waals surface area contributed by atoms with E-state index in [2.05, 4.69) is 21.4 Å². The van der Waals surface area contributed by atoms with Crippen LogP contribution in [0.2, 0.25) is 0 Å². The monoisotopic (exact) mass is 543 g/mol. The molecule has 0 aliphatic heterocycles. The third-order valence-corrected chi connectivity index (χ3v) is 7.78. The van der Waals surface area contributed by atoms with Crippen LogP contribution in [0.5, 0.6) is 0 Å². The van der Waals surface area contributed by atoms with E-state index in [4.69, 9.17) is 5.73 Å². The normalized spacial score (nSPS) is 14.1. The fourth-order valence-electron chi connectivity index (χ4n) is 5.78. The van der Waals surface area contributed by atoms with E-state index in [1.807, 2.05) is 72.3 Å². The predicted octanol–water partition coefficient (Wildman–Crippen LogP) is 5.35. The van der Waals surface area contributed by atoms with Crippen LogP contribution in [0.25, 0.3) is 27.6 Å². The van der Waals surface area contributed by atoms with E-state index in [0.717, 1.165) is 42.2 Å². The lowest BCUT2D eigenvalue weighted by Gasteiger charge is -2.22. The minimum atomic E-state index is -0.429. The first-order valence-corrected chi connectivity index (χ1v) is 13.7. The molecule has 1 fully saturated rings. The van der Waals surface area contributed by atoms with Crippen LogP contribution in [0.15, 0.2) is 88.7 Å². The van der Waals surface area contributed by atoms with Gasteiger partial charge in [-0.3, -0.25) is 14.2 Å². The average molecular weight is 544 g/mol. The summed E-state index contributed by atoms with van der Waals surface area (Å²) < 4.78 is 3.52. The third-order valence-electron chi connectivity index (χ3n) is 7.78. The molecule has 0 radical (unpaired) electrons. The Morgan fingerprint density at radius 3 is 2.59 bits per heavy atom. The van der Waals surface area contributed by atoms with Gasteiger partial charge in [0.1, 0.15) is 17.5 Å². The molecule has 1 aliphatic rings. The molecule has 0 bridgehead atoms. The SMILES string of the molecule is C[C@H](Nc1nc(N)ncc1C#N)c1cc2cccc(-c3ccc(=O)n(C4CCCC4)c3)c2c(=O)n1-c1ccccc1. The standard InChI is InChI=1S/C32H29N7O2/c1-20(36-30-23(17-33)18-35-32(34)37-30)27-16-21-8-7-13-26(29(21)31(41)39(27)25-11-3-2-4-12-25)22-14-15-28(40)38(19-22)24-9-5-6-10-24/h2-4,7-8,11-16,18-20,24H,5-6,9-10H2,1H3,(H3,34,35,36,37)/t20-/m0/s1. The Hall–Kier alpha value is -5.23. The fourth-order valence-corrected chi connectivity index (χ4v) is 5.78. The van der Waals surface area contributed by atoms with Crippen LogP contribution >= 0.6 is 0 Å². The second-order valence-electron chi connectivity index (χ2n) is 10.4. The molecule has 0 spiro atoms. The van der Waals surface area contributed by atoms with Crippen molar-refractivity contribution < 1.29 is 0 Å². The number of aromatic nitrogens is 4. The summed E-state index contributed by atoms with van der Waals surface area (Å²) in [6.45, 7) is 1.90. The summed E-state index contributed by atoms with van der Waals surface area (Å²) in [5.74, 6) is 0.337. The molecule has 1 aliphatic carbocycles. The second-order valence-corrected chi connectivity index (χ2v) is 10.4. The Balaban J connectivity index is 1.55. The number of rotatable bonds is 6. The maximum Gasteiger partial charge on any atom is 0.263 e. The smallest absolute Gasteiger partial charge is 0.263 e. The molecule has 204 valence electrons. The lowest BCUT2D eigenvalue weighted by atomic mass is 9.98. The molecule has 9 nitrogen and oxygen atoms in total. The zero-order valence-electron chi connectivity index (χ0n) is 22.6. The van der Waals surface area contributed by atoms with Crippen LogP contribution in [0, 0.1) is 11.3 Å². The summed E-state index contributed by atoms with van der Waals surface area (Å²) in [7, 11) is 0. The van der Waals surface area contributed by atoms with Gasteiger partial charge in [-0.2, -0.15) is 10.2 Å². The summed E-state index contributed by atoms with van der Waals surface area (Å²) in [6, 6.07) is 22.4. The molecule has 1 saturated carbocycles. The lowest BCUT2D eigenvalue weighted by molar-refractivity contribution is 0.503. The molecule has 0 amide bonds. The van der Waals surface area contributed by atoms with Crippen LogP contribution in [-0.4, -0.2) is 19.1 Å². The van der Waals surface area contributed by atoms with E-state index in [1.165, 1.54) is 6.20 Å². The molecule has 3 aromatic heterocycles. The number of benzene rings is 2. The summed E-state index contributed by atoms with van der Waals surface area (Å²) in [6.07, 6.45) is 7.48. The Morgan fingerprint density at radius 2 is 1.83 bits per heavy atom. The fraction of sp³-hybridized carbons (Fsp3) is 0.219. The van der Waals surface area contributed by atoms with Gasteiger partial charge in [-0.25, -0.2) is 4.98 Å². The summed E-state index contributed by atoms with van der Waals surface area (Å²) in [5.41, 5.74) is 8.83. The van der Waals surface area contributed by atoms with E-state index in [9.17, 15) is 14.9 Å². The van der Waals surface area contributed by atoms with E-state index in [-0.39, 0.29) is 28.7 Å². The zero-order chi connectivity index (χ0) is 28.5. The Bertz CT molecular complexity index is 1920. The Morgan fingerprint density at radius 1 is 1.05 bits per heavy atom. The van der Waals surface area contributed by atoms with Gasteiger partial charge < -0.3 is 15.6 Å². The molecule has 9 heteroatoms. The molecule has 0 saturated heterocycles. The molecular formula is C32H29N7O2. The van der Waals surface area contributed by atoms with Gasteiger partial charge in [0.05, 0.1) is 17.6 Å². The van der Waals surface area contributed by atoms with Crippen molar-refractivity contribution in [2.75, 3.05) is 11.1 Å². The predicted molar refractivity (Wildman–Crippen MR) is 160 cm³/mol. The van der Waals surface area contributed by atoms with Crippen molar-refractivity contribution in [2.45, 2.75) is 44.7 Å². The van der Waals surface area contributed by atoms with Crippen molar-refractivity contribution in [3.8, 4) is 22.9 Å². The molecule has 3 heterocycles. The average Bonchev–Trinajstić information content (AvgIpc) is 3.52. The van der Waals surface area contributed by atoms with Gasteiger partial charge in [0.25, 0.3) is 11.1 Å². The van der Waals surface area contributed by atoms with Gasteiger partial charge in [0.2, 0.25) is 5.95 Å². The number of para-hydroxylation sites is 1. The number of nitrogens with two attached hydrogens (primary N) is 1. The molecule has 1 atom stereocenters. The van der Waals surface area contributed by atoms with Gasteiger partial charge in [-0.1, -0.05) is 49.2 Å². The molecule has 5 aromatic rings. The number of nitrogen functional groups attached to an aromatic ring is 1. The number of anilines is 2. The van der Waals surface area contributed by atoms with Gasteiger partial charge >= 0.3 is 0 Å². The van der Waals surface area contributed by atoms with Crippen LogP contribution in [0.4, 0.5) is 11.8 Å². The Kier molecular flexibility index (Phi) is 6.81. The zero-order valence-corrected chi connectivity index (χ0v) is 22.6. The highest BCUT2D eigenvalue weighted by atomic mass is 16.1. The number of fused-ring (bicyclic) bond motifs is 1. The van der Waals surface area contributed by atoms with Crippen LogP contribution < -0.4 is 22.2 Å². The molecule has 41 heavy (non-hydrogen) atoms. The quantitative estimate of drug-likeness (QED) is 0.295.